The Morgan fingerprint density at radius 1 is 0.905 bits per heavy atom. The number of carboxylic acids is 1. The number of hydrogen-bond donors (Lipinski definition) is 4. The fourth-order valence-corrected chi connectivity index (χ4v) is 5.36. The lowest BCUT2D eigenvalue weighted by atomic mass is 9.87. The number of carbonyl (C=O) groups excluding carboxylic acids is 2. The van der Waals surface area contributed by atoms with Gasteiger partial charge in [0.15, 0.2) is 0 Å². The van der Waals surface area contributed by atoms with E-state index in [4.69, 9.17) is 16.7 Å². The number of rotatable bonds is 13. The van der Waals surface area contributed by atoms with E-state index in [2.05, 4.69) is 15.4 Å². The molecule has 4 N–H and O–H groups in total. The number of carboxylic acid groups (broad SMARTS) is 1. The molecule has 0 aliphatic rings. The Labute approximate surface area is 251 Å². The molecule has 0 heterocycles. The fraction of sp³-hybridized carbons (Fsp3) is 0.323. The maximum Gasteiger partial charge on any atom is 0.303 e. The van der Waals surface area contributed by atoms with Crippen molar-refractivity contribution in [1.82, 2.24) is 5.32 Å². The molecule has 0 aliphatic heterocycles. The van der Waals surface area contributed by atoms with Gasteiger partial charge in [0, 0.05) is 30.1 Å². The van der Waals surface area contributed by atoms with Crippen LogP contribution in [0.1, 0.15) is 67.9 Å². The second kappa shape index (κ2) is 14.3. The topological polar surface area (TPSA) is 142 Å². The lowest BCUT2D eigenvalue weighted by molar-refractivity contribution is -0.137. The molecule has 0 bridgehead atoms. The van der Waals surface area contributed by atoms with Gasteiger partial charge in [-0.2, -0.15) is 0 Å². The highest BCUT2D eigenvalue weighted by atomic mass is 35.5. The van der Waals surface area contributed by atoms with Crippen LogP contribution in [-0.2, 0) is 31.4 Å². The number of halogens is 1. The predicted octanol–water partition coefficient (Wildman–Crippen LogP) is 5.99. The third kappa shape index (κ3) is 9.88. The van der Waals surface area contributed by atoms with Gasteiger partial charge in [-0.3, -0.25) is 19.1 Å². The van der Waals surface area contributed by atoms with Crippen LogP contribution in [-0.4, -0.2) is 37.9 Å². The van der Waals surface area contributed by atoms with E-state index in [9.17, 15) is 22.8 Å². The normalized spacial score (nSPS) is 11.5. The summed E-state index contributed by atoms with van der Waals surface area (Å²) >= 11 is 6.15. The minimum Gasteiger partial charge on any atom is -0.481 e. The molecule has 0 saturated heterocycles. The summed E-state index contributed by atoms with van der Waals surface area (Å²) in [4.78, 5) is 36.0. The number of aryl methyl sites for hydroxylation is 1. The molecule has 3 aromatic rings. The molecule has 0 saturated carbocycles. The molecule has 0 atom stereocenters. The number of amides is 2. The van der Waals surface area contributed by atoms with Crippen molar-refractivity contribution < 1.29 is 27.9 Å². The number of aliphatic carboxylic acids is 1. The minimum atomic E-state index is -3.99. The second-order valence-corrected chi connectivity index (χ2v) is 13.0. The van der Waals surface area contributed by atoms with Crippen molar-refractivity contribution in [2.75, 3.05) is 16.6 Å². The first-order chi connectivity index (χ1) is 19.7. The Hall–Kier alpha value is -3.89. The van der Waals surface area contributed by atoms with Crippen LogP contribution in [0.5, 0.6) is 0 Å². The third-order valence-electron chi connectivity index (χ3n) is 6.47. The Bertz CT molecular complexity index is 1530. The van der Waals surface area contributed by atoms with E-state index >= 15 is 0 Å². The quantitative estimate of drug-likeness (QED) is 0.174. The summed E-state index contributed by atoms with van der Waals surface area (Å²) in [5.41, 5.74) is 2.27. The Kier molecular flexibility index (Phi) is 11.1. The van der Waals surface area contributed by atoms with Crippen molar-refractivity contribution >= 4 is 50.8 Å². The van der Waals surface area contributed by atoms with Gasteiger partial charge in [0.2, 0.25) is 5.91 Å². The van der Waals surface area contributed by atoms with Gasteiger partial charge in [0.25, 0.3) is 15.9 Å². The van der Waals surface area contributed by atoms with Crippen molar-refractivity contribution in [3.05, 3.63) is 88.4 Å². The molecule has 2 amide bonds. The van der Waals surface area contributed by atoms with Crippen LogP contribution in [0.3, 0.4) is 0 Å². The van der Waals surface area contributed by atoms with Crippen LogP contribution in [0.15, 0.2) is 71.6 Å². The molecule has 0 radical (unpaired) electrons. The average Bonchev–Trinajstić information content (AvgIpc) is 2.92. The van der Waals surface area contributed by atoms with Gasteiger partial charge in [-0.15, -0.1) is 0 Å². The molecule has 0 aliphatic carbocycles. The highest BCUT2D eigenvalue weighted by molar-refractivity contribution is 7.92. The second-order valence-electron chi connectivity index (χ2n) is 10.9. The molecule has 9 nitrogen and oxygen atoms in total. The highest BCUT2D eigenvalue weighted by Gasteiger charge is 2.21. The summed E-state index contributed by atoms with van der Waals surface area (Å²) in [6, 6.07) is 17.9. The number of unbranched alkanes of at least 4 members (excludes halogenated alkanes) is 1. The van der Waals surface area contributed by atoms with Gasteiger partial charge >= 0.3 is 5.97 Å². The summed E-state index contributed by atoms with van der Waals surface area (Å²) in [5, 5.41) is 14.5. The van der Waals surface area contributed by atoms with Crippen LogP contribution in [0, 0.1) is 0 Å². The Balaban J connectivity index is 1.66. The van der Waals surface area contributed by atoms with Gasteiger partial charge < -0.3 is 15.7 Å². The van der Waals surface area contributed by atoms with E-state index < -0.39 is 21.9 Å². The third-order valence-corrected chi connectivity index (χ3v) is 8.08. The van der Waals surface area contributed by atoms with E-state index in [-0.39, 0.29) is 45.3 Å². The summed E-state index contributed by atoms with van der Waals surface area (Å²) in [5.74, 6) is -1.57. The van der Waals surface area contributed by atoms with E-state index in [1.54, 1.807) is 30.3 Å². The van der Waals surface area contributed by atoms with E-state index in [1.807, 2.05) is 26.8 Å². The zero-order valence-electron chi connectivity index (χ0n) is 23.9. The molecule has 11 heteroatoms. The lowest BCUT2D eigenvalue weighted by Gasteiger charge is -2.19. The highest BCUT2D eigenvalue weighted by Crippen LogP contribution is 2.27. The van der Waals surface area contributed by atoms with Gasteiger partial charge in [-0.1, -0.05) is 56.6 Å². The summed E-state index contributed by atoms with van der Waals surface area (Å²) in [7, 11) is -3.99. The van der Waals surface area contributed by atoms with E-state index in [0.29, 0.717) is 31.5 Å². The molecule has 0 spiro atoms. The maximum atomic E-state index is 13.3. The first-order valence-corrected chi connectivity index (χ1v) is 15.4. The number of anilines is 2. The average molecular weight is 614 g/mol. The molecular formula is C31H36ClN3O6S. The van der Waals surface area contributed by atoms with Crippen LogP contribution < -0.4 is 15.4 Å². The van der Waals surface area contributed by atoms with Crippen molar-refractivity contribution in [3.8, 4) is 0 Å². The number of carbonyl (C=O) groups is 3. The molecule has 3 aromatic carbocycles. The first kappa shape index (κ1) is 32.6. The molecular weight excluding hydrogens is 578 g/mol. The summed E-state index contributed by atoms with van der Waals surface area (Å²) in [6.45, 7) is 6.52. The molecule has 224 valence electrons. The first-order valence-electron chi connectivity index (χ1n) is 13.6. The standard InChI is InChI=1S/C31H36ClN3O6S/c1-31(2,3)22-11-14-25(15-12-22)42(40,41)35-27-16-13-23(32)20-26(27)30(39)34-24-8-6-7-21(19-24)10-17-28(36)33-18-5-4-9-29(37)38/h6-8,11-16,19-20,35H,4-5,9-10,17-18H2,1-3H3,(H,33,36)(H,34,39)(H,37,38). The summed E-state index contributed by atoms with van der Waals surface area (Å²) < 4.78 is 28.8. The largest absolute Gasteiger partial charge is 0.481 e. The van der Waals surface area contributed by atoms with Crippen LogP contribution in [0.25, 0.3) is 0 Å². The zero-order chi connectivity index (χ0) is 30.9. The number of nitrogens with one attached hydrogen (secondary N) is 3. The minimum absolute atomic E-state index is 0.0464. The van der Waals surface area contributed by atoms with Crippen molar-refractivity contribution in [2.24, 2.45) is 0 Å². The Morgan fingerprint density at radius 3 is 2.29 bits per heavy atom. The number of hydrogen-bond acceptors (Lipinski definition) is 5. The monoisotopic (exact) mass is 613 g/mol. The fourth-order valence-electron chi connectivity index (χ4n) is 4.11. The molecule has 0 unspecified atom stereocenters. The molecule has 42 heavy (non-hydrogen) atoms. The van der Waals surface area contributed by atoms with Gasteiger partial charge in [0.05, 0.1) is 16.1 Å². The molecule has 0 aromatic heterocycles. The van der Waals surface area contributed by atoms with Crippen molar-refractivity contribution in [2.45, 2.75) is 63.2 Å². The van der Waals surface area contributed by atoms with E-state index in [1.165, 1.54) is 30.3 Å². The van der Waals surface area contributed by atoms with Crippen LogP contribution >= 0.6 is 11.6 Å². The van der Waals surface area contributed by atoms with E-state index in [0.717, 1.165) is 11.1 Å². The van der Waals surface area contributed by atoms with Crippen LogP contribution in [0.4, 0.5) is 11.4 Å². The van der Waals surface area contributed by atoms with Gasteiger partial charge in [0.1, 0.15) is 0 Å². The SMILES string of the molecule is CC(C)(C)c1ccc(S(=O)(=O)Nc2ccc(Cl)cc2C(=O)Nc2cccc(CCC(=O)NCCCCC(=O)O)c2)cc1. The molecule has 3 rings (SSSR count). The predicted molar refractivity (Wildman–Crippen MR) is 165 cm³/mol. The van der Waals surface area contributed by atoms with Crippen LogP contribution in [0.2, 0.25) is 5.02 Å². The van der Waals surface area contributed by atoms with Crippen molar-refractivity contribution in [3.63, 3.8) is 0 Å². The van der Waals surface area contributed by atoms with Gasteiger partial charge in [-0.25, -0.2) is 8.42 Å². The number of sulfonamides is 1. The summed E-state index contributed by atoms with van der Waals surface area (Å²) in [6.07, 6.45) is 1.82. The molecule has 0 fully saturated rings. The zero-order valence-corrected chi connectivity index (χ0v) is 25.4. The van der Waals surface area contributed by atoms with Crippen molar-refractivity contribution in [1.29, 1.82) is 0 Å². The smallest absolute Gasteiger partial charge is 0.303 e. The van der Waals surface area contributed by atoms with Gasteiger partial charge in [-0.05, 0) is 78.3 Å². The number of benzene rings is 3. The lowest BCUT2D eigenvalue weighted by Crippen LogP contribution is -2.24. The maximum absolute atomic E-state index is 13.3. The Morgan fingerprint density at radius 2 is 1.62 bits per heavy atom.